The maximum atomic E-state index is 12.9. The number of nitrogens with zero attached hydrogens (tertiary/aromatic N) is 1. The molecule has 0 rings (SSSR count). The number of allylic oxidation sites excluding steroid dienone is 24. The SMILES string of the molecule is CC/C=C\C/C=C\C/C=C\C/C=C\C/C=C\C/C=C\C/C=C\C/C=C\CCCCCCCCCCC(=O)OC(COC(=O)CCCCCCCCCCCC/C=C\C/C=C\C/C=C\C/C=C\CC)COC(OCC[N+](C)(C)C)C(=O)O. The highest BCUT2D eigenvalue weighted by Crippen LogP contribution is 2.15. The van der Waals surface area contributed by atoms with Crippen LogP contribution in [-0.4, -0.2) is 87.4 Å². The molecule has 0 heterocycles. The Morgan fingerprint density at radius 1 is 0.370 bits per heavy atom. The highest BCUT2D eigenvalue weighted by molar-refractivity contribution is 5.71. The minimum Gasteiger partial charge on any atom is -0.477 e. The minimum atomic E-state index is -1.52. The van der Waals surface area contributed by atoms with Crippen molar-refractivity contribution < 1.29 is 42.9 Å². The van der Waals surface area contributed by atoms with E-state index < -0.39 is 24.3 Å². The Bertz CT molecular complexity index is 1840. The Labute approximate surface area is 496 Å². The van der Waals surface area contributed by atoms with Crippen LogP contribution in [0.3, 0.4) is 0 Å². The summed E-state index contributed by atoms with van der Waals surface area (Å²) in [7, 11) is 5.96. The molecule has 2 unspecified atom stereocenters. The van der Waals surface area contributed by atoms with E-state index in [2.05, 4.69) is 160 Å². The summed E-state index contributed by atoms with van der Waals surface area (Å²) in [5.74, 6) is -2.04. The number of hydrogen-bond donors (Lipinski definition) is 1. The molecule has 0 aromatic carbocycles. The van der Waals surface area contributed by atoms with Gasteiger partial charge in [0.2, 0.25) is 0 Å². The van der Waals surface area contributed by atoms with Gasteiger partial charge in [-0.05, 0) is 116 Å². The largest absolute Gasteiger partial charge is 0.477 e. The molecule has 0 aromatic rings. The van der Waals surface area contributed by atoms with Gasteiger partial charge in [0.25, 0.3) is 6.29 Å². The Morgan fingerprint density at radius 3 is 0.988 bits per heavy atom. The topological polar surface area (TPSA) is 108 Å². The van der Waals surface area contributed by atoms with Crippen molar-refractivity contribution in [1.29, 1.82) is 0 Å². The average molecular weight is 1130 g/mol. The quantitative estimate of drug-likeness (QED) is 0.0211. The fourth-order valence-corrected chi connectivity index (χ4v) is 8.26. The molecule has 0 radical (unpaired) electrons. The van der Waals surface area contributed by atoms with Gasteiger partial charge in [0.15, 0.2) is 6.10 Å². The molecule has 0 fully saturated rings. The molecule has 9 heteroatoms. The minimum absolute atomic E-state index is 0.177. The summed E-state index contributed by atoms with van der Waals surface area (Å²) in [6, 6.07) is 0. The van der Waals surface area contributed by atoms with E-state index in [1.54, 1.807) is 0 Å². The molecule has 0 amide bonds. The number of carboxylic acid groups (broad SMARTS) is 1. The predicted octanol–water partition coefficient (Wildman–Crippen LogP) is 19.6. The van der Waals surface area contributed by atoms with Crippen LogP contribution in [-0.2, 0) is 33.3 Å². The number of esters is 2. The summed E-state index contributed by atoms with van der Waals surface area (Å²) >= 11 is 0. The number of aliphatic carboxylic acids is 1. The highest BCUT2D eigenvalue weighted by atomic mass is 16.7. The molecule has 0 aliphatic heterocycles. The zero-order valence-corrected chi connectivity index (χ0v) is 52.1. The molecule has 0 saturated carbocycles. The van der Waals surface area contributed by atoms with E-state index in [0.717, 1.165) is 128 Å². The number of likely N-dealkylation sites (N-methyl/N-ethyl adjacent to an activating group) is 1. The van der Waals surface area contributed by atoms with Crippen LogP contribution < -0.4 is 0 Å². The number of quaternary nitrogens is 1. The number of unbranched alkanes of at least 4 members (excludes halogenated alkanes) is 18. The fraction of sp³-hybridized carbons (Fsp3) is 0.625. The monoisotopic (exact) mass is 1120 g/mol. The normalized spacial score (nSPS) is 13.7. The second kappa shape index (κ2) is 61.2. The van der Waals surface area contributed by atoms with E-state index in [1.807, 2.05) is 21.1 Å². The van der Waals surface area contributed by atoms with Crippen LogP contribution in [0.25, 0.3) is 0 Å². The van der Waals surface area contributed by atoms with E-state index in [9.17, 15) is 19.5 Å². The van der Waals surface area contributed by atoms with Gasteiger partial charge in [0.1, 0.15) is 13.2 Å². The maximum absolute atomic E-state index is 12.9. The molecule has 0 bridgehead atoms. The molecule has 458 valence electrons. The van der Waals surface area contributed by atoms with Gasteiger partial charge in [-0.1, -0.05) is 250 Å². The van der Waals surface area contributed by atoms with Crippen LogP contribution in [0, 0.1) is 0 Å². The van der Waals surface area contributed by atoms with Crippen molar-refractivity contribution in [3.8, 4) is 0 Å². The van der Waals surface area contributed by atoms with Crippen LogP contribution >= 0.6 is 0 Å². The van der Waals surface area contributed by atoms with Gasteiger partial charge >= 0.3 is 17.9 Å². The second-order valence-electron chi connectivity index (χ2n) is 22.0. The van der Waals surface area contributed by atoms with Gasteiger partial charge < -0.3 is 28.5 Å². The summed E-state index contributed by atoms with van der Waals surface area (Å²) in [6.45, 7) is 4.62. The van der Waals surface area contributed by atoms with Crippen LogP contribution in [0.15, 0.2) is 146 Å². The molecule has 2 atom stereocenters. The van der Waals surface area contributed by atoms with E-state index >= 15 is 0 Å². The molecular weight excluding hydrogens is 1010 g/mol. The first-order chi connectivity index (χ1) is 39.6. The van der Waals surface area contributed by atoms with Gasteiger partial charge in [-0.2, -0.15) is 0 Å². The lowest BCUT2D eigenvalue weighted by Crippen LogP contribution is -2.40. The van der Waals surface area contributed by atoms with Gasteiger partial charge in [0.05, 0.1) is 34.4 Å². The fourth-order valence-electron chi connectivity index (χ4n) is 8.26. The van der Waals surface area contributed by atoms with E-state index in [4.69, 9.17) is 18.9 Å². The molecule has 0 aromatic heterocycles. The lowest BCUT2D eigenvalue weighted by molar-refractivity contribution is -0.870. The number of carboxylic acids is 1. The van der Waals surface area contributed by atoms with E-state index in [0.29, 0.717) is 17.4 Å². The van der Waals surface area contributed by atoms with Crippen molar-refractivity contribution >= 4 is 17.9 Å². The maximum Gasteiger partial charge on any atom is 0.361 e. The number of carbonyl (C=O) groups is 3. The van der Waals surface area contributed by atoms with Gasteiger partial charge in [0, 0.05) is 12.8 Å². The summed E-state index contributed by atoms with van der Waals surface area (Å²) in [4.78, 5) is 37.5. The first-order valence-electron chi connectivity index (χ1n) is 32.0. The third kappa shape index (κ3) is 62.6. The number of rotatable bonds is 57. The Morgan fingerprint density at radius 2 is 0.667 bits per heavy atom. The summed E-state index contributed by atoms with van der Waals surface area (Å²) < 4.78 is 22.9. The van der Waals surface area contributed by atoms with Crippen LogP contribution in [0.1, 0.15) is 232 Å². The first kappa shape index (κ1) is 76.2. The number of ether oxygens (including phenoxy) is 4. The van der Waals surface area contributed by atoms with Gasteiger partial charge in [-0.15, -0.1) is 0 Å². The van der Waals surface area contributed by atoms with Crippen molar-refractivity contribution in [3.63, 3.8) is 0 Å². The third-order valence-corrected chi connectivity index (χ3v) is 13.1. The molecule has 0 aliphatic carbocycles. The zero-order valence-electron chi connectivity index (χ0n) is 52.1. The highest BCUT2D eigenvalue weighted by Gasteiger charge is 2.25. The summed E-state index contributed by atoms with van der Waals surface area (Å²) in [5, 5.41) is 9.73. The van der Waals surface area contributed by atoms with Crippen molar-refractivity contribution in [3.05, 3.63) is 146 Å². The zero-order chi connectivity index (χ0) is 59.1. The second-order valence-corrected chi connectivity index (χ2v) is 22.0. The molecule has 0 spiro atoms. The van der Waals surface area contributed by atoms with E-state index in [1.165, 1.54) is 70.6 Å². The molecule has 9 nitrogen and oxygen atoms in total. The van der Waals surface area contributed by atoms with E-state index in [-0.39, 0.29) is 38.6 Å². The van der Waals surface area contributed by atoms with Crippen molar-refractivity contribution in [1.82, 2.24) is 0 Å². The standard InChI is InChI=1S/C72H117NO8/c1-6-8-10-12-14-16-18-20-22-24-26-28-30-31-32-33-34-35-36-37-38-39-41-43-45-47-49-51-53-55-57-59-61-63-70(75)81-68(67-80-72(71(76)77)78-65-64-73(3,4)5)66-79-69(74)62-60-58-56-54-52-50-48-46-44-42-40-29-27-25-23-21-19-17-15-13-11-9-7-2/h8-11,14-17,20-23,26-29,31-32,34-35,37-38,41,43,68,72H,6-7,12-13,18-19,24-25,30,33,36,39-40,42,44-67H2,1-5H3/p+1/b10-8-,11-9-,16-14-,17-15-,22-20-,23-21-,28-26-,29-27-,32-31-,35-34-,38-37-,43-41-. The lowest BCUT2D eigenvalue weighted by atomic mass is 10.1. The Kier molecular flexibility index (Phi) is 57.6. The smallest absolute Gasteiger partial charge is 0.361 e. The first-order valence-corrected chi connectivity index (χ1v) is 32.0. The van der Waals surface area contributed by atoms with Crippen molar-refractivity contribution in [2.24, 2.45) is 0 Å². The predicted molar refractivity (Wildman–Crippen MR) is 345 cm³/mol. The molecule has 0 aliphatic rings. The molecule has 1 N–H and O–H groups in total. The molecule has 0 saturated heterocycles. The average Bonchev–Trinajstić information content (AvgIpc) is 3.44. The van der Waals surface area contributed by atoms with Crippen LogP contribution in [0.2, 0.25) is 0 Å². The number of hydrogen-bond acceptors (Lipinski definition) is 7. The third-order valence-electron chi connectivity index (χ3n) is 13.1. The molecular formula is C72H118NO8+. The van der Waals surface area contributed by atoms with Crippen LogP contribution in [0.5, 0.6) is 0 Å². The summed E-state index contributed by atoms with van der Waals surface area (Å²) in [5.41, 5.74) is 0. The Hall–Kier alpha value is -4.83. The number of carbonyl (C=O) groups excluding carboxylic acids is 2. The van der Waals surface area contributed by atoms with Gasteiger partial charge in [-0.3, -0.25) is 9.59 Å². The molecule has 81 heavy (non-hydrogen) atoms. The lowest BCUT2D eigenvalue weighted by Gasteiger charge is -2.25. The Balaban J connectivity index is 4.25. The summed E-state index contributed by atoms with van der Waals surface area (Å²) in [6.07, 6.45) is 86.4. The van der Waals surface area contributed by atoms with Crippen LogP contribution in [0.4, 0.5) is 0 Å². The van der Waals surface area contributed by atoms with Crippen molar-refractivity contribution in [2.45, 2.75) is 245 Å². The van der Waals surface area contributed by atoms with Gasteiger partial charge in [-0.25, -0.2) is 4.79 Å². The van der Waals surface area contributed by atoms with Crippen molar-refractivity contribution in [2.75, 3.05) is 47.5 Å².